The van der Waals surface area contributed by atoms with Crippen molar-refractivity contribution in [2.24, 2.45) is 5.92 Å². The SMILES string of the molecule is COc1ccc(Cc2noc([C@H]3OCC[C@H]3Cn3ccnc3)n2)cc1. The molecule has 4 rings (SSSR count). The summed E-state index contributed by atoms with van der Waals surface area (Å²) < 4.78 is 18.6. The highest BCUT2D eigenvalue weighted by molar-refractivity contribution is 5.28. The van der Waals surface area contributed by atoms with Gasteiger partial charge in [-0.2, -0.15) is 4.98 Å². The fraction of sp³-hybridized carbons (Fsp3) is 0.389. The van der Waals surface area contributed by atoms with Crippen LogP contribution in [0.5, 0.6) is 5.75 Å². The van der Waals surface area contributed by atoms with Gasteiger partial charge in [0, 0.05) is 37.9 Å². The zero-order chi connectivity index (χ0) is 17.1. The summed E-state index contributed by atoms with van der Waals surface area (Å²) in [5.41, 5.74) is 1.11. The zero-order valence-electron chi connectivity index (χ0n) is 14.0. The van der Waals surface area contributed by atoms with E-state index in [-0.39, 0.29) is 6.10 Å². The van der Waals surface area contributed by atoms with Gasteiger partial charge in [0.05, 0.1) is 13.4 Å². The van der Waals surface area contributed by atoms with E-state index in [9.17, 15) is 0 Å². The summed E-state index contributed by atoms with van der Waals surface area (Å²) in [5, 5.41) is 4.11. The summed E-state index contributed by atoms with van der Waals surface area (Å²) in [6.07, 6.45) is 6.99. The van der Waals surface area contributed by atoms with E-state index in [1.807, 2.05) is 36.8 Å². The minimum absolute atomic E-state index is 0.153. The molecule has 0 aliphatic carbocycles. The van der Waals surface area contributed by atoms with Crippen LogP contribution in [0, 0.1) is 5.92 Å². The molecule has 0 unspecified atom stereocenters. The highest BCUT2D eigenvalue weighted by Crippen LogP contribution is 2.34. The third kappa shape index (κ3) is 3.56. The normalized spacial score (nSPS) is 20.0. The molecule has 1 fully saturated rings. The average Bonchev–Trinajstić information content (AvgIpc) is 3.38. The van der Waals surface area contributed by atoms with Gasteiger partial charge in [0.15, 0.2) is 5.82 Å². The van der Waals surface area contributed by atoms with Crippen LogP contribution in [0.4, 0.5) is 0 Å². The van der Waals surface area contributed by atoms with Gasteiger partial charge in [-0.25, -0.2) is 4.98 Å². The maximum Gasteiger partial charge on any atom is 0.256 e. The van der Waals surface area contributed by atoms with Crippen LogP contribution in [0.25, 0.3) is 0 Å². The van der Waals surface area contributed by atoms with Crippen molar-refractivity contribution >= 4 is 0 Å². The second-order valence-corrected chi connectivity index (χ2v) is 6.17. The van der Waals surface area contributed by atoms with Crippen molar-refractivity contribution in [3.05, 3.63) is 60.3 Å². The Bertz CT molecular complexity index is 798. The van der Waals surface area contributed by atoms with Gasteiger partial charge in [-0.05, 0) is 24.1 Å². The van der Waals surface area contributed by atoms with Crippen molar-refractivity contribution < 1.29 is 14.0 Å². The van der Waals surface area contributed by atoms with Crippen molar-refractivity contribution in [2.45, 2.75) is 25.5 Å². The molecule has 1 aliphatic rings. The monoisotopic (exact) mass is 340 g/mol. The first kappa shape index (κ1) is 15.8. The van der Waals surface area contributed by atoms with Gasteiger partial charge in [-0.15, -0.1) is 0 Å². The Balaban J connectivity index is 1.44. The number of nitrogens with zero attached hydrogens (tertiary/aromatic N) is 4. The molecule has 130 valence electrons. The van der Waals surface area contributed by atoms with Gasteiger partial charge in [0.1, 0.15) is 11.9 Å². The summed E-state index contributed by atoms with van der Waals surface area (Å²) in [7, 11) is 1.66. The second kappa shape index (κ2) is 7.06. The lowest BCUT2D eigenvalue weighted by Gasteiger charge is -2.15. The Morgan fingerprint density at radius 3 is 2.92 bits per heavy atom. The largest absolute Gasteiger partial charge is 0.497 e. The maximum absolute atomic E-state index is 5.85. The third-order valence-corrected chi connectivity index (χ3v) is 4.47. The van der Waals surface area contributed by atoms with E-state index in [0.29, 0.717) is 30.7 Å². The fourth-order valence-corrected chi connectivity index (χ4v) is 3.14. The minimum Gasteiger partial charge on any atom is -0.497 e. The topological polar surface area (TPSA) is 75.2 Å². The molecule has 0 bridgehead atoms. The van der Waals surface area contributed by atoms with Crippen LogP contribution in [0.1, 0.15) is 29.8 Å². The lowest BCUT2D eigenvalue weighted by Crippen LogP contribution is -2.14. The first-order chi connectivity index (χ1) is 12.3. The average molecular weight is 340 g/mol. The number of imidazole rings is 1. The maximum atomic E-state index is 5.85. The quantitative estimate of drug-likeness (QED) is 0.687. The predicted octanol–water partition coefficient (Wildman–Crippen LogP) is 2.64. The molecular weight excluding hydrogens is 320 g/mol. The molecule has 1 saturated heterocycles. The lowest BCUT2D eigenvalue weighted by molar-refractivity contribution is 0.0587. The molecule has 3 aromatic rings. The molecule has 7 nitrogen and oxygen atoms in total. The van der Waals surface area contributed by atoms with Crippen molar-refractivity contribution in [1.29, 1.82) is 0 Å². The number of rotatable bonds is 6. The molecule has 0 N–H and O–H groups in total. The molecule has 25 heavy (non-hydrogen) atoms. The van der Waals surface area contributed by atoms with Crippen LogP contribution in [0.3, 0.4) is 0 Å². The van der Waals surface area contributed by atoms with E-state index in [2.05, 4.69) is 19.7 Å². The second-order valence-electron chi connectivity index (χ2n) is 6.17. The molecule has 0 saturated carbocycles. The van der Waals surface area contributed by atoms with Crippen LogP contribution in [-0.2, 0) is 17.7 Å². The first-order valence-electron chi connectivity index (χ1n) is 8.34. The van der Waals surface area contributed by atoms with Gasteiger partial charge < -0.3 is 18.6 Å². The van der Waals surface area contributed by atoms with Crippen molar-refractivity contribution in [1.82, 2.24) is 19.7 Å². The van der Waals surface area contributed by atoms with Crippen LogP contribution in [-0.4, -0.2) is 33.4 Å². The Morgan fingerprint density at radius 2 is 2.16 bits per heavy atom. The summed E-state index contributed by atoms with van der Waals surface area (Å²) in [6.45, 7) is 1.54. The summed E-state index contributed by atoms with van der Waals surface area (Å²) >= 11 is 0. The van der Waals surface area contributed by atoms with Crippen LogP contribution >= 0.6 is 0 Å². The highest BCUT2D eigenvalue weighted by atomic mass is 16.5. The molecule has 1 aliphatic heterocycles. The number of ether oxygens (including phenoxy) is 2. The van der Waals surface area contributed by atoms with Gasteiger partial charge >= 0.3 is 0 Å². The molecule has 0 amide bonds. The number of benzene rings is 1. The van der Waals surface area contributed by atoms with Crippen LogP contribution < -0.4 is 4.74 Å². The molecule has 7 heteroatoms. The summed E-state index contributed by atoms with van der Waals surface area (Å²) in [4.78, 5) is 8.64. The lowest BCUT2D eigenvalue weighted by atomic mass is 10.0. The molecular formula is C18H20N4O3. The van der Waals surface area contributed by atoms with Gasteiger partial charge in [-0.3, -0.25) is 0 Å². The molecule has 3 heterocycles. The highest BCUT2D eigenvalue weighted by Gasteiger charge is 2.34. The van der Waals surface area contributed by atoms with Gasteiger partial charge in [0.25, 0.3) is 5.89 Å². The minimum atomic E-state index is -0.153. The van der Waals surface area contributed by atoms with E-state index in [0.717, 1.165) is 24.3 Å². The standard InChI is InChI=1S/C18H20N4O3/c1-23-15-4-2-13(3-5-15)10-16-20-18(25-21-16)17-14(6-9-24-17)11-22-8-7-19-12-22/h2-5,7-8,12,14,17H,6,9-11H2,1H3/t14-,17-/m0/s1. The number of aromatic nitrogens is 4. The third-order valence-electron chi connectivity index (χ3n) is 4.47. The van der Waals surface area contributed by atoms with Crippen LogP contribution in [0.2, 0.25) is 0 Å². The Hall–Kier alpha value is -2.67. The molecule has 2 aromatic heterocycles. The fourth-order valence-electron chi connectivity index (χ4n) is 3.14. The van der Waals surface area contributed by atoms with Gasteiger partial charge in [0.2, 0.25) is 0 Å². The first-order valence-corrected chi connectivity index (χ1v) is 8.34. The van der Waals surface area contributed by atoms with E-state index < -0.39 is 0 Å². The van der Waals surface area contributed by atoms with Crippen molar-refractivity contribution in [2.75, 3.05) is 13.7 Å². The molecule has 0 radical (unpaired) electrons. The van der Waals surface area contributed by atoms with Crippen molar-refractivity contribution in [3.63, 3.8) is 0 Å². The Labute approximate surface area is 145 Å². The summed E-state index contributed by atoms with van der Waals surface area (Å²) in [6, 6.07) is 7.86. The van der Waals surface area contributed by atoms with E-state index in [4.69, 9.17) is 14.0 Å². The van der Waals surface area contributed by atoms with E-state index >= 15 is 0 Å². The predicted molar refractivity (Wildman–Crippen MR) is 89.1 cm³/mol. The Kier molecular flexibility index (Phi) is 4.47. The van der Waals surface area contributed by atoms with Crippen molar-refractivity contribution in [3.8, 4) is 5.75 Å². The number of hydrogen-bond acceptors (Lipinski definition) is 6. The molecule has 0 spiro atoms. The van der Waals surface area contributed by atoms with Gasteiger partial charge in [-0.1, -0.05) is 17.3 Å². The van der Waals surface area contributed by atoms with Crippen LogP contribution in [0.15, 0.2) is 47.5 Å². The zero-order valence-corrected chi connectivity index (χ0v) is 14.0. The summed E-state index contributed by atoms with van der Waals surface area (Å²) in [5.74, 6) is 2.37. The number of hydrogen-bond donors (Lipinski definition) is 0. The molecule has 1 aromatic carbocycles. The van der Waals surface area contributed by atoms with E-state index in [1.54, 1.807) is 13.3 Å². The Morgan fingerprint density at radius 1 is 1.28 bits per heavy atom. The smallest absolute Gasteiger partial charge is 0.256 e. The number of methoxy groups -OCH3 is 1. The molecule has 2 atom stereocenters. The van der Waals surface area contributed by atoms with E-state index in [1.165, 1.54) is 0 Å².